The summed E-state index contributed by atoms with van der Waals surface area (Å²) in [6, 6.07) is 0. The predicted octanol–water partition coefficient (Wildman–Crippen LogP) is 0.0665. The van der Waals surface area contributed by atoms with E-state index in [1.165, 1.54) is 0 Å². The number of hydrogen-bond donors (Lipinski definition) is 0. The molecule has 109 valence electrons. The van der Waals surface area contributed by atoms with Gasteiger partial charge in [-0.15, -0.1) is 0 Å². The minimum atomic E-state index is -0.537. The Morgan fingerprint density at radius 3 is 0.882 bits per heavy atom. The molecule has 2 unspecified atom stereocenters. The average Bonchev–Trinajstić information content (AvgIpc) is 2.21. The van der Waals surface area contributed by atoms with Gasteiger partial charge < -0.3 is 20.0 Å². The molecule has 0 fully saturated rings. The monoisotopic (exact) mass is 295 g/mol. The molecule has 0 heterocycles. The number of nitrogens with zero attached hydrogens (tertiary/aromatic N) is 2. The van der Waals surface area contributed by atoms with Crippen molar-refractivity contribution < 1.29 is 27.3 Å². The van der Waals surface area contributed by atoms with Crippen molar-refractivity contribution in [2.24, 2.45) is 0 Å². The molecular formula is C12H28CuN2O2. The number of hydrogen-bond acceptors (Lipinski definition) is 4. The summed E-state index contributed by atoms with van der Waals surface area (Å²) in [5.41, 5.74) is 0. The Kier molecular flexibility index (Phi) is 19.1. The summed E-state index contributed by atoms with van der Waals surface area (Å²) in [7, 11) is 0. The van der Waals surface area contributed by atoms with Crippen molar-refractivity contribution in [3.05, 3.63) is 0 Å². The molecule has 0 aromatic carbocycles. The predicted molar refractivity (Wildman–Crippen MR) is 64.8 cm³/mol. The van der Waals surface area contributed by atoms with Gasteiger partial charge in [-0.1, -0.05) is 54.0 Å². The maximum Gasteiger partial charge on any atom is 2.00 e. The summed E-state index contributed by atoms with van der Waals surface area (Å²) >= 11 is 0. The molecule has 0 aliphatic carbocycles. The molecule has 0 saturated heterocycles. The first kappa shape index (κ1) is 22.5. The molecule has 0 aromatic heterocycles. The first-order valence-electron chi connectivity index (χ1n) is 6.24. The third kappa shape index (κ3) is 12.6. The van der Waals surface area contributed by atoms with E-state index in [-0.39, 0.29) is 17.1 Å². The van der Waals surface area contributed by atoms with E-state index in [0.29, 0.717) is 0 Å². The topological polar surface area (TPSA) is 52.6 Å². The maximum atomic E-state index is 10.6. The van der Waals surface area contributed by atoms with E-state index < -0.39 is 12.5 Å². The van der Waals surface area contributed by atoms with Gasteiger partial charge in [-0.25, -0.2) is 0 Å². The largest absolute Gasteiger partial charge is 2.00 e. The Bertz CT molecular complexity index is 122. The second-order valence-corrected chi connectivity index (χ2v) is 3.64. The van der Waals surface area contributed by atoms with Crippen molar-refractivity contribution in [1.29, 1.82) is 0 Å². The molecule has 0 bridgehead atoms. The molecule has 17 heavy (non-hydrogen) atoms. The quantitative estimate of drug-likeness (QED) is 0.514. The molecule has 0 amide bonds. The molecule has 0 aromatic rings. The normalized spacial score (nSPS) is 13.8. The summed E-state index contributed by atoms with van der Waals surface area (Å²) in [5.74, 6) is 0. The molecule has 5 heteroatoms. The van der Waals surface area contributed by atoms with Gasteiger partial charge in [-0.3, -0.25) is 0 Å². The van der Waals surface area contributed by atoms with Crippen molar-refractivity contribution >= 4 is 0 Å². The van der Waals surface area contributed by atoms with Crippen LogP contribution >= 0.6 is 0 Å². The van der Waals surface area contributed by atoms with E-state index in [0.717, 1.165) is 26.2 Å². The van der Waals surface area contributed by atoms with Gasteiger partial charge >= 0.3 is 17.1 Å². The van der Waals surface area contributed by atoms with Crippen LogP contribution in [0.25, 0.3) is 0 Å². The van der Waals surface area contributed by atoms with E-state index in [1.54, 1.807) is 13.8 Å². The Balaban J connectivity index is -0.000000218. The fourth-order valence-corrected chi connectivity index (χ4v) is 1.48. The zero-order valence-corrected chi connectivity index (χ0v) is 12.9. The second-order valence-electron chi connectivity index (χ2n) is 3.64. The van der Waals surface area contributed by atoms with E-state index in [1.807, 2.05) is 37.5 Å². The van der Waals surface area contributed by atoms with Gasteiger partial charge in [-0.05, 0) is 26.2 Å². The minimum absolute atomic E-state index is 0. The molecule has 1 radical (unpaired) electrons. The van der Waals surface area contributed by atoms with Crippen LogP contribution in [0, 0.1) is 0 Å². The van der Waals surface area contributed by atoms with Crippen molar-refractivity contribution in [3.8, 4) is 0 Å². The molecule has 0 N–H and O–H groups in total. The van der Waals surface area contributed by atoms with Crippen molar-refractivity contribution in [1.82, 2.24) is 9.80 Å². The summed E-state index contributed by atoms with van der Waals surface area (Å²) < 4.78 is 0. The van der Waals surface area contributed by atoms with Crippen LogP contribution in [-0.2, 0) is 17.1 Å². The molecule has 0 aliphatic rings. The molecule has 0 saturated carbocycles. The van der Waals surface area contributed by atoms with Crippen LogP contribution in [0.1, 0.15) is 41.5 Å². The smallest absolute Gasteiger partial charge is 0.841 e. The van der Waals surface area contributed by atoms with E-state index in [4.69, 9.17) is 0 Å². The third-order valence-corrected chi connectivity index (χ3v) is 2.65. The van der Waals surface area contributed by atoms with Gasteiger partial charge in [0.25, 0.3) is 0 Å². The van der Waals surface area contributed by atoms with Gasteiger partial charge in [-0.2, -0.15) is 0 Å². The Hall–Kier alpha value is 0.359. The summed E-state index contributed by atoms with van der Waals surface area (Å²) in [5, 5.41) is 21.2. The summed E-state index contributed by atoms with van der Waals surface area (Å²) in [6.45, 7) is 14.8. The van der Waals surface area contributed by atoms with Crippen molar-refractivity contribution in [3.63, 3.8) is 0 Å². The Morgan fingerprint density at radius 1 is 0.706 bits per heavy atom. The van der Waals surface area contributed by atoms with Crippen molar-refractivity contribution in [2.45, 2.75) is 54.0 Å². The van der Waals surface area contributed by atoms with Crippen LogP contribution < -0.4 is 10.2 Å². The van der Waals surface area contributed by atoms with E-state index in [9.17, 15) is 10.2 Å². The average molecular weight is 296 g/mol. The van der Waals surface area contributed by atoms with Gasteiger partial charge in [0.2, 0.25) is 0 Å². The van der Waals surface area contributed by atoms with Crippen LogP contribution in [0.4, 0.5) is 0 Å². The van der Waals surface area contributed by atoms with E-state index in [2.05, 4.69) is 0 Å². The molecule has 2 atom stereocenters. The van der Waals surface area contributed by atoms with Crippen LogP contribution in [0.3, 0.4) is 0 Å². The Labute approximate surface area is 117 Å². The third-order valence-electron chi connectivity index (χ3n) is 2.65. The molecular weight excluding hydrogens is 268 g/mol. The van der Waals surface area contributed by atoms with Gasteiger partial charge in [0, 0.05) is 0 Å². The Morgan fingerprint density at radius 2 is 0.882 bits per heavy atom. The van der Waals surface area contributed by atoms with Crippen molar-refractivity contribution in [2.75, 3.05) is 26.2 Å². The molecule has 0 aliphatic heterocycles. The van der Waals surface area contributed by atoms with Gasteiger partial charge in [0.15, 0.2) is 0 Å². The first-order valence-corrected chi connectivity index (χ1v) is 6.24. The molecule has 0 spiro atoms. The fourth-order valence-electron chi connectivity index (χ4n) is 1.48. The summed E-state index contributed by atoms with van der Waals surface area (Å²) in [6.07, 6.45) is -1.07. The minimum Gasteiger partial charge on any atom is -0.841 e. The zero-order chi connectivity index (χ0) is 13.1. The van der Waals surface area contributed by atoms with Crippen LogP contribution in [-0.4, -0.2) is 48.4 Å². The van der Waals surface area contributed by atoms with Crippen LogP contribution in [0.15, 0.2) is 0 Å². The number of rotatable bonds is 6. The van der Waals surface area contributed by atoms with Crippen LogP contribution in [0.5, 0.6) is 0 Å². The second kappa shape index (κ2) is 14.4. The van der Waals surface area contributed by atoms with Gasteiger partial charge in [0.05, 0.1) is 0 Å². The zero-order valence-electron chi connectivity index (χ0n) is 12.0. The standard InChI is InChI=1S/2C6H14NO.Cu/c2*1-4-7(5-2)6(3)8;/h2*6H,4-5H2,1-3H3;/q2*-1;+2. The SMILES string of the molecule is CCN(CC)C(C)[O-].CCN(CC)C(C)[O-].[Cu+2]. The molecule has 4 nitrogen and oxygen atoms in total. The van der Waals surface area contributed by atoms with E-state index >= 15 is 0 Å². The molecule has 0 rings (SSSR count). The summed E-state index contributed by atoms with van der Waals surface area (Å²) in [4.78, 5) is 3.72. The maximum absolute atomic E-state index is 10.6. The van der Waals surface area contributed by atoms with Crippen LogP contribution in [0.2, 0.25) is 0 Å². The fraction of sp³-hybridized carbons (Fsp3) is 1.00. The first-order chi connectivity index (χ1) is 7.44. The van der Waals surface area contributed by atoms with Gasteiger partial charge in [0.1, 0.15) is 0 Å².